The molecule has 0 unspecified atom stereocenters. The maximum absolute atomic E-state index is 12.8. The Labute approximate surface area is 152 Å². The van der Waals surface area contributed by atoms with Gasteiger partial charge in [0.1, 0.15) is 0 Å². The Morgan fingerprint density at radius 2 is 1.58 bits per heavy atom. The fraction of sp³-hybridized carbons (Fsp3) is 0.0952. The van der Waals surface area contributed by atoms with E-state index in [2.05, 4.69) is 10.3 Å². The average molecular weight is 345 g/mol. The highest BCUT2D eigenvalue weighted by atomic mass is 16.2. The van der Waals surface area contributed by atoms with Crippen LogP contribution in [0.5, 0.6) is 0 Å². The molecule has 3 rings (SSSR count). The molecule has 130 valence electrons. The minimum Gasteiger partial charge on any atom is -0.337 e. The Morgan fingerprint density at radius 3 is 2.31 bits per heavy atom. The van der Waals surface area contributed by atoms with Crippen molar-refractivity contribution in [3.05, 3.63) is 95.8 Å². The number of carbonyl (C=O) groups is 2. The molecule has 0 aliphatic heterocycles. The molecule has 0 radical (unpaired) electrons. The fourth-order valence-corrected chi connectivity index (χ4v) is 2.60. The van der Waals surface area contributed by atoms with Gasteiger partial charge in [0.25, 0.3) is 11.8 Å². The Bertz CT molecular complexity index is 895. The largest absolute Gasteiger partial charge is 0.337 e. The van der Waals surface area contributed by atoms with Crippen molar-refractivity contribution in [2.75, 3.05) is 12.4 Å². The van der Waals surface area contributed by atoms with Crippen LogP contribution in [-0.4, -0.2) is 28.7 Å². The van der Waals surface area contributed by atoms with Gasteiger partial charge in [-0.15, -0.1) is 0 Å². The molecule has 5 heteroatoms. The molecule has 5 nitrogen and oxygen atoms in total. The fourth-order valence-electron chi connectivity index (χ4n) is 2.60. The van der Waals surface area contributed by atoms with Crippen molar-refractivity contribution >= 4 is 17.5 Å². The number of pyridine rings is 1. The minimum absolute atomic E-state index is 0.161. The number of benzene rings is 2. The molecule has 3 aromatic rings. The van der Waals surface area contributed by atoms with E-state index >= 15 is 0 Å². The van der Waals surface area contributed by atoms with Gasteiger partial charge in [0, 0.05) is 31.5 Å². The second-order valence-electron chi connectivity index (χ2n) is 5.88. The number of nitrogens with zero attached hydrogens (tertiary/aromatic N) is 2. The molecule has 0 bridgehead atoms. The zero-order valence-corrected chi connectivity index (χ0v) is 14.4. The summed E-state index contributed by atoms with van der Waals surface area (Å²) in [5, 5.41) is 2.83. The van der Waals surface area contributed by atoms with Crippen LogP contribution in [0.1, 0.15) is 26.3 Å². The molecule has 1 aromatic heterocycles. The van der Waals surface area contributed by atoms with Gasteiger partial charge in [0.05, 0.1) is 11.3 Å². The van der Waals surface area contributed by atoms with Gasteiger partial charge in [-0.25, -0.2) is 0 Å². The van der Waals surface area contributed by atoms with E-state index < -0.39 is 0 Å². The van der Waals surface area contributed by atoms with E-state index in [0.717, 1.165) is 5.56 Å². The molecule has 0 saturated heterocycles. The molecule has 26 heavy (non-hydrogen) atoms. The zero-order valence-electron chi connectivity index (χ0n) is 14.4. The van der Waals surface area contributed by atoms with Crippen LogP contribution in [0, 0.1) is 0 Å². The van der Waals surface area contributed by atoms with Crippen LogP contribution in [0.25, 0.3) is 0 Å². The minimum atomic E-state index is -0.248. The average Bonchev–Trinajstić information content (AvgIpc) is 2.69. The number of hydrogen-bond donors (Lipinski definition) is 1. The standard InChI is InChI=1S/C21H19N3O2/c1-24(15-16-11-13-22-14-12-16)21(26)18-9-5-6-10-19(18)23-20(25)17-7-3-2-4-8-17/h2-14H,15H2,1H3,(H,23,25). The summed E-state index contributed by atoms with van der Waals surface area (Å²) in [5.41, 5.74) is 2.47. The van der Waals surface area contributed by atoms with Crippen LogP contribution in [0.4, 0.5) is 5.69 Å². The van der Waals surface area contributed by atoms with Crippen LogP contribution in [0.15, 0.2) is 79.1 Å². The molecule has 1 N–H and O–H groups in total. The smallest absolute Gasteiger partial charge is 0.256 e. The third kappa shape index (κ3) is 4.13. The molecular formula is C21H19N3O2. The predicted octanol–water partition coefficient (Wildman–Crippen LogP) is 3.61. The molecule has 0 spiro atoms. The van der Waals surface area contributed by atoms with Crippen LogP contribution < -0.4 is 5.32 Å². The van der Waals surface area contributed by atoms with Crippen molar-refractivity contribution in [2.24, 2.45) is 0 Å². The van der Waals surface area contributed by atoms with Crippen molar-refractivity contribution in [2.45, 2.75) is 6.54 Å². The highest BCUT2D eigenvalue weighted by Gasteiger charge is 2.17. The number of anilines is 1. The van der Waals surface area contributed by atoms with Crippen LogP contribution in [-0.2, 0) is 6.54 Å². The third-order valence-electron chi connectivity index (χ3n) is 3.96. The van der Waals surface area contributed by atoms with Gasteiger partial charge in [-0.1, -0.05) is 30.3 Å². The van der Waals surface area contributed by atoms with Crippen molar-refractivity contribution in [3.63, 3.8) is 0 Å². The maximum Gasteiger partial charge on any atom is 0.256 e. The van der Waals surface area contributed by atoms with Crippen LogP contribution in [0.2, 0.25) is 0 Å². The monoisotopic (exact) mass is 345 g/mol. The summed E-state index contributed by atoms with van der Waals surface area (Å²) in [6.07, 6.45) is 3.39. The van der Waals surface area contributed by atoms with E-state index in [9.17, 15) is 9.59 Å². The van der Waals surface area contributed by atoms with E-state index in [1.807, 2.05) is 18.2 Å². The summed E-state index contributed by atoms with van der Waals surface area (Å²) in [5.74, 6) is -0.409. The first-order chi connectivity index (χ1) is 12.6. The predicted molar refractivity (Wildman–Crippen MR) is 101 cm³/mol. The molecular weight excluding hydrogens is 326 g/mol. The zero-order chi connectivity index (χ0) is 18.4. The van der Waals surface area contributed by atoms with Gasteiger partial charge in [-0.3, -0.25) is 14.6 Å². The molecule has 0 aliphatic rings. The summed E-state index contributed by atoms with van der Waals surface area (Å²) >= 11 is 0. The Morgan fingerprint density at radius 1 is 0.923 bits per heavy atom. The lowest BCUT2D eigenvalue weighted by molar-refractivity contribution is 0.0786. The molecule has 0 aliphatic carbocycles. The van der Waals surface area contributed by atoms with Crippen LogP contribution >= 0.6 is 0 Å². The first-order valence-electron chi connectivity index (χ1n) is 8.25. The molecule has 0 saturated carbocycles. The number of carbonyl (C=O) groups excluding carboxylic acids is 2. The Kier molecular flexibility index (Phi) is 5.39. The van der Waals surface area contributed by atoms with Gasteiger partial charge in [-0.05, 0) is 42.0 Å². The second kappa shape index (κ2) is 8.07. The van der Waals surface area contributed by atoms with Crippen molar-refractivity contribution < 1.29 is 9.59 Å². The van der Waals surface area contributed by atoms with Crippen molar-refractivity contribution in [3.8, 4) is 0 Å². The number of amides is 2. The topological polar surface area (TPSA) is 62.3 Å². The number of rotatable bonds is 5. The number of aromatic nitrogens is 1. The van der Waals surface area contributed by atoms with Gasteiger partial charge in [0.2, 0.25) is 0 Å². The van der Waals surface area contributed by atoms with Gasteiger partial charge < -0.3 is 10.2 Å². The quantitative estimate of drug-likeness (QED) is 0.768. The lowest BCUT2D eigenvalue weighted by atomic mass is 10.1. The number of nitrogens with one attached hydrogen (secondary N) is 1. The maximum atomic E-state index is 12.8. The van der Waals surface area contributed by atoms with Gasteiger partial charge >= 0.3 is 0 Å². The van der Waals surface area contributed by atoms with E-state index in [4.69, 9.17) is 0 Å². The summed E-state index contributed by atoms with van der Waals surface area (Å²) < 4.78 is 0. The van der Waals surface area contributed by atoms with Gasteiger partial charge in [0.15, 0.2) is 0 Å². The molecule has 2 aromatic carbocycles. The SMILES string of the molecule is CN(Cc1ccncc1)C(=O)c1ccccc1NC(=O)c1ccccc1. The van der Waals surface area contributed by atoms with E-state index in [1.165, 1.54) is 0 Å². The first-order valence-corrected chi connectivity index (χ1v) is 8.25. The number of hydrogen-bond acceptors (Lipinski definition) is 3. The van der Waals surface area contributed by atoms with Crippen molar-refractivity contribution in [1.29, 1.82) is 0 Å². The third-order valence-corrected chi connectivity index (χ3v) is 3.96. The summed E-state index contributed by atoms with van der Waals surface area (Å²) in [6.45, 7) is 0.461. The first kappa shape index (κ1) is 17.4. The van der Waals surface area contributed by atoms with Crippen LogP contribution in [0.3, 0.4) is 0 Å². The Hall–Kier alpha value is -3.47. The molecule has 0 fully saturated rings. The summed E-state index contributed by atoms with van der Waals surface area (Å²) in [4.78, 5) is 30.8. The molecule has 1 heterocycles. The molecule has 2 amide bonds. The highest BCUT2D eigenvalue weighted by molar-refractivity contribution is 6.08. The van der Waals surface area contributed by atoms with Gasteiger partial charge in [-0.2, -0.15) is 0 Å². The molecule has 0 atom stereocenters. The highest BCUT2D eigenvalue weighted by Crippen LogP contribution is 2.19. The number of para-hydroxylation sites is 1. The lowest BCUT2D eigenvalue weighted by Crippen LogP contribution is -2.27. The second-order valence-corrected chi connectivity index (χ2v) is 5.88. The lowest BCUT2D eigenvalue weighted by Gasteiger charge is -2.19. The van der Waals surface area contributed by atoms with Crippen molar-refractivity contribution in [1.82, 2.24) is 9.88 Å². The normalized spacial score (nSPS) is 10.2. The summed E-state index contributed by atoms with van der Waals surface area (Å²) in [6, 6.07) is 19.7. The summed E-state index contributed by atoms with van der Waals surface area (Å²) in [7, 11) is 1.73. The van der Waals surface area contributed by atoms with E-state index in [-0.39, 0.29) is 11.8 Å². The van der Waals surface area contributed by atoms with E-state index in [0.29, 0.717) is 23.4 Å². The Balaban J connectivity index is 1.78. The van der Waals surface area contributed by atoms with E-state index in [1.54, 1.807) is 72.9 Å².